The lowest BCUT2D eigenvalue weighted by Gasteiger charge is -2.18. The summed E-state index contributed by atoms with van der Waals surface area (Å²) < 4.78 is 36.9. The summed E-state index contributed by atoms with van der Waals surface area (Å²) in [4.78, 5) is 1.42. The Balaban J connectivity index is 1.83. The monoisotopic (exact) mass is 317 g/mol. The molecule has 1 aromatic rings. The first-order valence-corrected chi connectivity index (χ1v) is 6.98. The van der Waals surface area contributed by atoms with Gasteiger partial charge in [-0.3, -0.25) is 4.90 Å². The van der Waals surface area contributed by atoms with Crippen LogP contribution in [0.25, 0.3) is 0 Å². The Kier molecular flexibility index (Phi) is 4.96. The van der Waals surface area contributed by atoms with E-state index in [4.69, 9.17) is 16.9 Å². The summed E-state index contributed by atoms with van der Waals surface area (Å²) in [7, 11) is 0. The first-order chi connectivity index (χ1) is 9.87. The Morgan fingerprint density at radius 1 is 1.43 bits per heavy atom. The van der Waals surface area contributed by atoms with E-state index in [1.165, 1.54) is 4.90 Å². The van der Waals surface area contributed by atoms with E-state index >= 15 is 0 Å². The number of benzene rings is 1. The minimum Gasteiger partial charge on any atom is -0.384 e. The van der Waals surface area contributed by atoms with Crippen molar-refractivity contribution in [2.45, 2.75) is 12.6 Å². The molecule has 1 fully saturated rings. The van der Waals surface area contributed by atoms with Crippen LogP contribution >= 0.6 is 11.6 Å². The van der Waals surface area contributed by atoms with Crippen LogP contribution in [0.2, 0.25) is 5.02 Å². The number of nitrogens with one attached hydrogen (secondary N) is 1. The molecule has 1 aliphatic heterocycles. The molecule has 0 amide bonds. The standard InChI is InChI=1S/C14H15ClF3N3/c15-12-5-10(6-19)1-2-13(12)20-7-11-3-4-21(8-11)9-14(16,17)18/h1-2,5,11,20H,3-4,7-9H2. The predicted octanol–water partition coefficient (Wildman–Crippen LogP) is 3.51. The number of likely N-dealkylation sites (tertiary alicyclic amines) is 1. The Labute approximate surface area is 126 Å². The van der Waals surface area contributed by atoms with E-state index in [0.29, 0.717) is 35.9 Å². The molecule has 0 spiro atoms. The van der Waals surface area contributed by atoms with Crippen LogP contribution in [-0.2, 0) is 0 Å². The molecule has 1 heterocycles. The van der Waals surface area contributed by atoms with Crippen LogP contribution in [0, 0.1) is 17.2 Å². The molecule has 0 bridgehead atoms. The van der Waals surface area contributed by atoms with Gasteiger partial charge in [0.2, 0.25) is 0 Å². The molecule has 2 rings (SSSR count). The van der Waals surface area contributed by atoms with E-state index in [-0.39, 0.29) is 5.92 Å². The van der Waals surface area contributed by atoms with Crippen molar-refractivity contribution in [1.82, 2.24) is 4.90 Å². The molecule has 1 N–H and O–H groups in total. The maximum absolute atomic E-state index is 12.3. The maximum atomic E-state index is 12.3. The summed E-state index contributed by atoms with van der Waals surface area (Å²) in [5.74, 6) is 0.166. The molecular formula is C14H15ClF3N3. The van der Waals surface area contributed by atoms with Gasteiger partial charge < -0.3 is 5.32 Å². The number of nitriles is 1. The molecule has 0 radical (unpaired) electrons. The quantitative estimate of drug-likeness (QED) is 0.923. The van der Waals surface area contributed by atoms with Crippen LogP contribution < -0.4 is 5.32 Å². The highest BCUT2D eigenvalue weighted by molar-refractivity contribution is 6.33. The van der Waals surface area contributed by atoms with Crippen LogP contribution in [0.3, 0.4) is 0 Å². The second kappa shape index (κ2) is 6.54. The fourth-order valence-corrected chi connectivity index (χ4v) is 2.71. The van der Waals surface area contributed by atoms with Gasteiger partial charge in [0, 0.05) is 13.1 Å². The third kappa shape index (κ3) is 4.80. The average Bonchev–Trinajstić information content (AvgIpc) is 2.82. The highest BCUT2D eigenvalue weighted by Crippen LogP contribution is 2.26. The minimum absolute atomic E-state index is 0.166. The van der Waals surface area contributed by atoms with Crippen LogP contribution in [0.4, 0.5) is 18.9 Å². The Bertz CT molecular complexity index is 539. The molecular weight excluding hydrogens is 303 g/mol. The van der Waals surface area contributed by atoms with E-state index < -0.39 is 12.7 Å². The summed E-state index contributed by atoms with van der Waals surface area (Å²) in [6.07, 6.45) is -3.41. The fourth-order valence-electron chi connectivity index (χ4n) is 2.46. The van der Waals surface area contributed by atoms with Crippen molar-refractivity contribution in [2.24, 2.45) is 5.92 Å². The molecule has 1 aromatic carbocycles. The molecule has 0 aliphatic carbocycles. The van der Waals surface area contributed by atoms with E-state index in [1.807, 2.05) is 6.07 Å². The molecule has 1 unspecified atom stereocenters. The molecule has 21 heavy (non-hydrogen) atoms. The van der Waals surface area contributed by atoms with E-state index in [0.717, 1.165) is 6.42 Å². The van der Waals surface area contributed by atoms with Gasteiger partial charge in [0.25, 0.3) is 0 Å². The first-order valence-electron chi connectivity index (χ1n) is 6.60. The van der Waals surface area contributed by atoms with Gasteiger partial charge in [-0.25, -0.2) is 0 Å². The zero-order valence-corrected chi connectivity index (χ0v) is 12.0. The summed E-state index contributed by atoms with van der Waals surface area (Å²) in [5, 5.41) is 12.3. The van der Waals surface area contributed by atoms with Crippen LogP contribution in [-0.4, -0.2) is 37.3 Å². The number of halogens is 4. The van der Waals surface area contributed by atoms with Gasteiger partial charge in [0.15, 0.2) is 0 Å². The third-order valence-corrected chi connectivity index (χ3v) is 3.76. The van der Waals surface area contributed by atoms with E-state index in [9.17, 15) is 13.2 Å². The van der Waals surface area contributed by atoms with Crippen LogP contribution in [0.15, 0.2) is 18.2 Å². The lowest BCUT2D eigenvalue weighted by Crippen LogP contribution is -2.33. The van der Waals surface area contributed by atoms with E-state index in [2.05, 4.69) is 5.32 Å². The Morgan fingerprint density at radius 2 is 2.19 bits per heavy atom. The largest absolute Gasteiger partial charge is 0.401 e. The number of hydrogen-bond donors (Lipinski definition) is 1. The second-order valence-electron chi connectivity index (χ2n) is 5.19. The van der Waals surface area contributed by atoms with Gasteiger partial charge in [0.05, 0.1) is 28.9 Å². The normalized spacial score (nSPS) is 19.5. The van der Waals surface area contributed by atoms with Gasteiger partial charge in [-0.2, -0.15) is 18.4 Å². The van der Waals surface area contributed by atoms with Crippen molar-refractivity contribution >= 4 is 17.3 Å². The summed E-state index contributed by atoms with van der Waals surface area (Å²) in [6, 6.07) is 6.92. The van der Waals surface area contributed by atoms with E-state index in [1.54, 1.807) is 18.2 Å². The molecule has 1 atom stereocenters. The highest BCUT2D eigenvalue weighted by atomic mass is 35.5. The van der Waals surface area contributed by atoms with Crippen molar-refractivity contribution < 1.29 is 13.2 Å². The van der Waals surface area contributed by atoms with Gasteiger partial charge in [-0.05, 0) is 37.1 Å². The molecule has 114 valence electrons. The fraction of sp³-hybridized carbons (Fsp3) is 0.500. The smallest absolute Gasteiger partial charge is 0.384 e. The van der Waals surface area contributed by atoms with Crippen LogP contribution in [0.1, 0.15) is 12.0 Å². The van der Waals surface area contributed by atoms with Crippen molar-refractivity contribution in [3.8, 4) is 6.07 Å². The molecule has 0 saturated carbocycles. The highest BCUT2D eigenvalue weighted by Gasteiger charge is 2.34. The number of anilines is 1. The summed E-state index contributed by atoms with van der Waals surface area (Å²) in [5.41, 5.74) is 1.17. The number of nitrogens with zero attached hydrogens (tertiary/aromatic N) is 2. The SMILES string of the molecule is N#Cc1ccc(NCC2CCN(CC(F)(F)F)C2)c(Cl)c1. The summed E-state index contributed by atoms with van der Waals surface area (Å²) >= 11 is 6.04. The zero-order valence-electron chi connectivity index (χ0n) is 11.3. The number of rotatable bonds is 4. The lowest BCUT2D eigenvalue weighted by molar-refractivity contribution is -0.143. The second-order valence-corrected chi connectivity index (χ2v) is 5.60. The third-order valence-electron chi connectivity index (χ3n) is 3.45. The maximum Gasteiger partial charge on any atom is 0.401 e. The number of hydrogen-bond acceptors (Lipinski definition) is 3. The average molecular weight is 318 g/mol. The Morgan fingerprint density at radius 3 is 2.81 bits per heavy atom. The van der Waals surface area contributed by atoms with Gasteiger partial charge in [-0.15, -0.1) is 0 Å². The molecule has 0 aromatic heterocycles. The minimum atomic E-state index is -4.14. The van der Waals surface area contributed by atoms with Crippen molar-refractivity contribution in [1.29, 1.82) is 5.26 Å². The van der Waals surface area contributed by atoms with Crippen molar-refractivity contribution in [3.05, 3.63) is 28.8 Å². The summed E-state index contributed by atoms with van der Waals surface area (Å²) in [6.45, 7) is 0.620. The molecule has 1 saturated heterocycles. The van der Waals surface area contributed by atoms with Crippen molar-refractivity contribution in [3.63, 3.8) is 0 Å². The predicted molar refractivity (Wildman–Crippen MR) is 75.3 cm³/mol. The zero-order chi connectivity index (χ0) is 15.5. The lowest BCUT2D eigenvalue weighted by atomic mass is 10.1. The van der Waals surface area contributed by atoms with Gasteiger partial charge in [-0.1, -0.05) is 11.6 Å². The van der Waals surface area contributed by atoms with Crippen LogP contribution in [0.5, 0.6) is 0 Å². The molecule has 7 heteroatoms. The molecule has 3 nitrogen and oxygen atoms in total. The molecule has 1 aliphatic rings. The van der Waals surface area contributed by atoms with Crippen molar-refractivity contribution in [2.75, 3.05) is 31.5 Å². The van der Waals surface area contributed by atoms with Gasteiger partial charge >= 0.3 is 6.18 Å². The Hall–Kier alpha value is -1.45. The topological polar surface area (TPSA) is 39.1 Å². The number of alkyl halides is 3. The first kappa shape index (κ1) is 15.9. The van der Waals surface area contributed by atoms with Gasteiger partial charge in [0.1, 0.15) is 0 Å².